The Labute approximate surface area is 189 Å². The fourth-order valence-corrected chi connectivity index (χ4v) is 6.54. The molecule has 3 aliphatic heterocycles. The summed E-state index contributed by atoms with van der Waals surface area (Å²) in [5.41, 5.74) is -1.72. The maximum atomic E-state index is 13.1. The SMILES string of the molecule is C[N+]1(C)[C@@H]2CC(OC(=O)C(O)(c3cccs3)c3cccs3)C[C@H]1[C@@H]1O[C@@H]12.O.[I-]. The number of quaternary nitrogens is 1. The second-order valence-electron chi connectivity index (χ2n) is 7.99. The van der Waals surface area contributed by atoms with Gasteiger partial charge in [0.1, 0.15) is 30.4 Å². The number of rotatable bonds is 4. The van der Waals surface area contributed by atoms with E-state index in [-0.39, 0.29) is 35.6 Å². The molecule has 3 saturated heterocycles. The number of fused-ring (bicyclic) bond motifs is 5. The van der Waals surface area contributed by atoms with Crippen LogP contribution in [0.5, 0.6) is 0 Å². The number of morpholine rings is 1. The van der Waals surface area contributed by atoms with Crippen LogP contribution in [0.1, 0.15) is 22.6 Å². The Hall–Kier alpha value is -0.560. The van der Waals surface area contributed by atoms with Crippen molar-refractivity contribution in [1.29, 1.82) is 0 Å². The van der Waals surface area contributed by atoms with E-state index in [0.29, 0.717) is 34.0 Å². The van der Waals surface area contributed by atoms with Gasteiger partial charge in [0.15, 0.2) is 0 Å². The van der Waals surface area contributed by atoms with Gasteiger partial charge in [-0.2, -0.15) is 0 Å². The predicted molar refractivity (Wildman–Crippen MR) is 103 cm³/mol. The number of carbonyl (C=O) groups excluding carboxylic acids is 1. The molecule has 0 amide bonds. The molecule has 5 heterocycles. The predicted octanol–water partition coefficient (Wildman–Crippen LogP) is -1.47. The highest BCUT2D eigenvalue weighted by Gasteiger charge is 2.71. The van der Waals surface area contributed by atoms with Gasteiger partial charge in [-0.15, -0.1) is 22.7 Å². The zero-order valence-corrected chi connectivity index (χ0v) is 19.4. The summed E-state index contributed by atoms with van der Waals surface area (Å²) in [5, 5.41) is 15.1. The largest absolute Gasteiger partial charge is 1.00 e. The minimum atomic E-state index is -1.72. The Bertz CT molecular complexity index is 771. The normalized spacial score (nSPS) is 31.9. The van der Waals surface area contributed by atoms with Gasteiger partial charge in [-0.1, -0.05) is 12.1 Å². The quantitative estimate of drug-likeness (QED) is 0.223. The molecule has 5 rings (SSSR count). The number of esters is 1. The molecule has 0 aliphatic carbocycles. The molecule has 0 radical (unpaired) electrons. The van der Waals surface area contributed by atoms with Crippen molar-refractivity contribution in [3.8, 4) is 0 Å². The van der Waals surface area contributed by atoms with Crippen molar-refractivity contribution >= 4 is 28.6 Å². The summed E-state index contributed by atoms with van der Waals surface area (Å²) in [6, 6.07) is 8.01. The van der Waals surface area contributed by atoms with Crippen LogP contribution in [0.25, 0.3) is 0 Å². The van der Waals surface area contributed by atoms with E-state index in [0.717, 1.165) is 17.3 Å². The summed E-state index contributed by atoms with van der Waals surface area (Å²) in [7, 11) is 4.49. The monoisotopic (exact) mass is 537 g/mol. The van der Waals surface area contributed by atoms with Crippen LogP contribution in [-0.2, 0) is 19.9 Å². The number of epoxide rings is 1. The third-order valence-electron chi connectivity index (χ3n) is 6.36. The highest BCUT2D eigenvalue weighted by Crippen LogP contribution is 2.52. The number of aliphatic hydroxyl groups is 1. The lowest BCUT2D eigenvalue weighted by Crippen LogP contribution is -3.00. The standard InChI is InChI=1S/C19H22NO4S2.HI.H2O/c1-20(2)12-9-11(10-13(20)17-16(12)24-17)23-18(21)19(22,14-5-3-7-25-14)15-6-4-8-26-15;;/h3-8,11-13,16-17,22H,9-10H2,1-2H3;1H;1H2/q+1;;/p-1/t11?,12-,13+,16-,17+;;. The first-order valence-corrected chi connectivity index (χ1v) is 10.7. The van der Waals surface area contributed by atoms with Gasteiger partial charge in [0.05, 0.1) is 23.8 Å². The van der Waals surface area contributed by atoms with E-state index in [1.807, 2.05) is 22.9 Å². The maximum absolute atomic E-state index is 13.1. The fraction of sp³-hybridized carbons (Fsp3) is 0.526. The summed E-state index contributed by atoms with van der Waals surface area (Å²) >= 11 is 2.74. The van der Waals surface area contributed by atoms with Gasteiger partial charge < -0.3 is 48.5 Å². The molecule has 2 aromatic heterocycles. The zero-order chi connectivity index (χ0) is 18.1. The Kier molecular flexibility index (Phi) is 6.01. The molecule has 3 N–H and O–H groups in total. The minimum absolute atomic E-state index is 0. The number of hydrogen-bond acceptors (Lipinski definition) is 6. The number of nitrogens with zero attached hydrogens (tertiary/aromatic N) is 1. The first-order chi connectivity index (χ1) is 12.4. The fourth-order valence-electron chi connectivity index (χ4n) is 4.83. The smallest absolute Gasteiger partial charge is 0.349 e. The van der Waals surface area contributed by atoms with Crippen molar-refractivity contribution in [3.05, 3.63) is 44.8 Å². The first-order valence-electron chi connectivity index (χ1n) is 8.92. The molecule has 3 aliphatic rings. The topological polar surface area (TPSA) is 90.6 Å². The van der Waals surface area contributed by atoms with Crippen LogP contribution in [0.3, 0.4) is 0 Å². The lowest BCUT2D eigenvalue weighted by Gasteiger charge is -2.45. The summed E-state index contributed by atoms with van der Waals surface area (Å²) in [5.74, 6) is -0.561. The third kappa shape index (κ3) is 3.15. The van der Waals surface area contributed by atoms with Crippen molar-refractivity contribution in [2.24, 2.45) is 0 Å². The number of ether oxygens (including phenoxy) is 2. The van der Waals surface area contributed by atoms with Crippen molar-refractivity contribution < 1.29 is 53.3 Å². The molecule has 3 fully saturated rings. The van der Waals surface area contributed by atoms with Crippen molar-refractivity contribution in [2.75, 3.05) is 14.1 Å². The van der Waals surface area contributed by atoms with Crippen molar-refractivity contribution in [1.82, 2.24) is 0 Å². The lowest BCUT2D eigenvalue weighted by molar-refractivity contribution is -0.938. The highest BCUT2D eigenvalue weighted by molar-refractivity contribution is 7.12. The number of hydrogen-bond donors (Lipinski definition) is 1. The lowest BCUT2D eigenvalue weighted by atomic mass is 9.95. The van der Waals surface area contributed by atoms with Gasteiger partial charge in [0.2, 0.25) is 5.60 Å². The van der Waals surface area contributed by atoms with Gasteiger partial charge in [0.25, 0.3) is 0 Å². The van der Waals surface area contributed by atoms with E-state index in [9.17, 15) is 9.90 Å². The molecular weight excluding hydrogens is 513 g/mol. The Morgan fingerprint density at radius 2 is 1.64 bits per heavy atom. The van der Waals surface area contributed by atoms with E-state index in [1.165, 1.54) is 22.7 Å². The second-order valence-corrected chi connectivity index (χ2v) is 9.89. The summed E-state index contributed by atoms with van der Waals surface area (Å²) in [4.78, 5) is 14.3. The number of thiophene rings is 2. The molecule has 154 valence electrons. The molecule has 2 aromatic rings. The minimum Gasteiger partial charge on any atom is -1.00 e. The maximum Gasteiger partial charge on any atom is 0.349 e. The summed E-state index contributed by atoms with van der Waals surface area (Å²) in [6.07, 6.45) is 2.05. The second kappa shape index (κ2) is 7.60. The van der Waals surface area contributed by atoms with Gasteiger partial charge in [-0.25, -0.2) is 4.79 Å². The number of piperidine rings is 1. The van der Waals surface area contributed by atoms with E-state index < -0.39 is 11.6 Å². The van der Waals surface area contributed by atoms with Crippen LogP contribution < -0.4 is 24.0 Å². The molecule has 9 heteroatoms. The van der Waals surface area contributed by atoms with Crippen molar-refractivity contribution in [2.45, 2.75) is 48.8 Å². The summed E-state index contributed by atoms with van der Waals surface area (Å²) < 4.78 is 12.6. The van der Waals surface area contributed by atoms with E-state index >= 15 is 0 Å². The van der Waals surface area contributed by atoms with Crippen LogP contribution in [0.15, 0.2) is 35.0 Å². The van der Waals surface area contributed by atoms with Crippen LogP contribution in [0, 0.1) is 0 Å². The van der Waals surface area contributed by atoms with Crippen LogP contribution in [0.2, 0.25) is 0 Å². The van der Waals surface area contributed by atoms with E-state index in [4.69, 9.17) is 9.47 Å². The zero-order valence-electron chi connectivity index (χ0n) is 15.6. The molecule has 2 bridgehead atoms. The molecule has 1 unspecified atom stereocenters. The Balaban J connectivity index is 0.00000112. The highest BCUT2D eigenvalue weighted by atomic mass is 127. The average Bonchev–Trinajstić information content (AvgIpc) is 2.98. The van der Waals surface area contributed by atoms with Crippen LogP contribution >= 0.6 is 22.7 Å². The third-order valence-corrected chi connectivity index (χ3v) is 8.32. The Morgan fingerprint density at radius 1 is 1.14 bits per heavy atom. The number of halogens is 1. The Morgan fingerprint density at radius 3 is 2.07 bits per heavy atom. The molecule has 28 heavy (non-hydrogen) atoms. The van der Waals surface area contributed by atoms with Crippen molar-refractivity contribution in [3.63, 3.8) is 0 Å². The average molecular weight is 537 g/mol. The first kappa shape index (κ1) is 22.1. The number of likely N-dealkylation sites (N-methyl/N-ethyl adjacent to an activating group) is 1. The van der Waals surface area contributed by atoms with Gasteiger partial charge >= 0.3 is 5.97 Å². The van der Waals surface area contributed by atoms with E-state index in [2.05, 4.69) is 14.1 Å². The van der Waals surface area contributed by atoms with Gasteiger partial charge in [-0.3, -0.25) is 0 Å². The molecule has 0 spiro atoms. The molecular formula is C19H24INO5S2. The molecule has 6 nitrogen and oxygen atoms in total. The van der Waals surface area contributed by atoms with Crippen LogP contribution in [0.4, 0.5) is 0 Å². The molecule has 0 aromatic carbocycles. The van der Waals surface area contributed by atoms with Gasteiger partial charge in [0, 0.05) is 12.8 Å². The molecule has 0 saturated carbocycles. The van der Waals surface area contributed by atoms with Crippen LogP contribution in [-0.4, -0.2) is 65.5 Å². The summed E-state index contributed by atoms with van der Waals surface area (Å²) in [6.45, 7) is 0. The van der Waals surface area contributed by atoms with E-state index in [1.54, 1.807) is 12.1 Å². The molecule has 5 atom stereocenters. The number of carbonyl (C=O) groups is 1. The van der Waals surface area contributed by atoms with Gasteiger partial charge in [-0.05, 0) is 22.9 Å².